The van der Waals surface area contributed by atoms with Gasteiger partial charge in [0.1, 0.15) is 5.78 Å². The van der Waals surface area contributed by atoms with Crippen molar-refractivity contribution in [3.05, 3.63) is 0 Å². The molecule has 82 valence electrons. The highest BCUT2D eigenvalue weighted by molar-refractivity contribution is 5.79. The molecule has 1 heterocycles. The van der Waals surface area contributed by atoms with Crippen LogP contribution in [-0.4, -0.2) is 28.8 Å². The van der Waals surface area contributed by atoms with Crippen LogP contribution in [0, 0.1) is 0 Å². The van der Waals surface area contributed by atoms with Crippen molar-refractivity contribution < 1.29 is 4.79 Å². The zero-order valence-corrected chi connectivity index (χ0v) is 9.97. The van der Waals surface area contributed by atoms with Crippen molar-refractivity contribution in [2.24, 2.45) is 0 Å². The number of ketones is 1. The number of Topliss-reactive ketones (excluding diaryl/α,β-unsaturated/α-hetero) is 1. The van der Waals surface area contributed by atoms with Gasteiger partial charge in [-0.05, 0) is 27.2 Å². The number of hydrogen-bond donors (Lipinski definition) is 0. The summed E-state index contributed by atoms with van der Waals surface area (Å²) in [6, 6.07) is 0.429. The van der Waals surface area contributed by atoms with E-state index in [1.807, 2.05) is 0 Å². The molecule has 0 amide bonds. The predicted molar refractivity (Wildman–Crippen MR) is 59.4 cm³/mol. The van der Waals surface area contributed by atoms with Crippen molar-refractivity contribution in [1.29, 1.82) is 0 Å². The summed E-state index contributed by atoms with van der Waals surface area (Å²) in [7, 11) is 0. The highest BCUT2D eigenvalue weighted by Gasteiger charge is 2.33. The molecule has 1 aliphatic heterocycles. The van der Waals surface area contributed by atoms with Crippen LogP contribution in [0.5, 0.6) is 0 Å². The van der Waals surface area contributed by atoms with Crippen molar-refractivity contribution >= 4 is 5.78 Å². The number of nitrogens with zero attached hydrogens (tertiary/aromatic N) is 1. The lowest BCUT2D eigenvalue weighted by Crippen LogP contribution is -2.52. The van der Waals surface area contributed by atoms with Crippen LogP contribution in [0.2, 0.25) is 0 Å². The van der Waals surface area contributed by atoms with Gasteiger partial charge in [-0.2, -0.15) is 0 Å². The predicted octanol–water partition coefficient (Wildman–Crippen LogP) is 2.62. The maximum absolute atomic E-state index is 11.3. The van der Waals surface area contributed by atoms with E-state index < -0.39 is 0 Å². The van der Waals surface area contributed by atoms with Gasteiger partial charge >= 0.3 is 0 Å². The zero-order valence-electron chi connectivity index (χ0n) is 9.97. The van der Waals surface area contributed by atoms with Crippen LogP contribution in [0.25, 0.3) is 0 Å². The maximum atomic E-state index is 11.3. The molecule has 2 heteroatoms. The molecule has 14 heavy (non-hydrogen) atoms. The van der Waals surface area contributed by atoms with Gasteiger partial charge in [-0.1, -0.05) is 13.3 Å². The first-order valence-electron chi connectivity index (χ1n) is 5.76. The van der Waals surface area contributed by atoms with Crippen molar-refractivity contribution in [2.75, 3.05) is 6.54 Å². The van der Waals surface area contributed by atoms with E-state index in [-0.39, 0.29) is 5.54 Å². The van der Waals surface area contributed by atoms with E-state index in [2.05, 4.69) is 32.6 Å². The highest BCUT2D eigenvalue weighted by atomic mass is 16.1. The lowest BCUT2D eigenvalue weighted by Gasteiger charge is -2.44. The number of rotatable bonds is 3. The Morgan fingerprint density at radius 1 is 1.50 bits per heavy atom. The average molecular weight is 197 g/mol. The van der Waals surface area contributed by atoms with Crippen molar-refractivity contribution in [2.45, 2.75) is 65.0 Å². The van der Waals surface area contributed by atoms with Crippen LogP contribution in [0.3, 0.4) is 0 Å². The summed E-state index contributed by atoms with van der Waals surface area (Å²) in [6.45, 7) is 9.94. The van der Waals surface area contributed by atoms with E-state index in [9.17, 15) is 4.79 Å². The quantitative estimate of drug-likeness (QED) is 0.693. The normalized spacial score (nSPS) is 25.4. The van der Waals surface area contributed by atoms with Crippen molar-refractivity contribution in [1.82, 2.24) is 4.90 Å². The molecule has 1 fully saturated rings. The van der Waals surface area contributed by atoms with E-state index in [1.165, 1.54) is 12.8 Å². The molecule has 1 atom stereocenters. The summed E-state index contributed by atoms with van der Waals surface area (Å²) in [5.74, 6) is 0.432. The highest BCUT2D eigenvalue weighted by Crippen LogP contribution is 2.27. The van der Waals surface area contributed by atoms with Crippen LogP contribution in [0.15, 0.2) is 0 Å². The van der Waals surface area contributed by atoms with E-state index >= 15 is 0 Å². The lowest BCUT2D eigenvalue weighted by atomic mass is 9.90. The molecule has 1 saturated heterocycles. The van der Waals surface area contributed by atoms with Gasteiger partial charge in [-0.25, -0.2) is 0 Å². The Balaban J connectivity index is 2.63. The molecule has 1 rings (SSSR count). The first-order chi connectivity index (χ1) is 6.47. The average Bonchev–Trinajstić information content (AvgIpc) is 2.02. The molecule has 0 aromatic carbocycles. The fraction of sp³-hybridized carbons (Fsp3) is 0.917. The topological polar surface area (TPSA) is 20.3 Å². The summed E-state index contributed by atoms with van der Waals surface area (Å²) in [5.41, 5.74) is 0.259. The molecule has 1 unspecified atom stereocenters. The van der Waals surface area contributed by atoms with Crippen LogP contribution in [0.4, 0.5) is 0 Å². The molecule has 2 nitrogen and oxygen atoms in total. The zero-order chi connectivity index (χ0) is 10.8. The van der Waals surface area contributed by atoms with Gasteiger partial charge in [-0.15, -0.1) is 0 Å². The van der Waals surface area contributed by atoms with E-state index in [4.69, 9.17) is 0 Å². The molecule has 0 radical (unpaired) electrons. The molecule has 0 bridgehead atoms. The fourth-order valence-corrected chi connectivity index (χ4v) is 2.66. The van der Waals surface area contributed by atoms with Crippen molar-refractivity contribution in [3.8, 4) is 0 Å². The maximum Gasteiger partial charge on any atom is 0.135 e. The molecule has 1 aliphatic rings. The van der Waals surface area contributed by atoms with Gasteiger partial charge in [0.15, 0.2) is 0 Å². The molecule has 0 saturated carbocycles. The van der Waals surface area contributed by atoms with Crippen LogP contribution < -0.4 is 0 Å². The van der Waals surface area contributed by atoms with E-state index in [0.29, 0.717) is 11.8 Å². The van der Waals surface area contributed by atoms with Gasteiger partial charge in [-0.3, -0.25) is 9.69 Å². The summed E-state index contributed by atoms with van der Waals surface area (Å²) in [5, 5.41) is 0. The molecule has 0 aliphatic carbocycles. The Bertz CT molecular complexity index is 210. The van der Waals surface area contributed by atoms with Gasteiger partial charge in [0.25, 0.3) is 0 Å². The second kappa shape index (κ2) is 4.43. The number of carbonyl (C=O) groups is 1. The number of carbonyl (C=O) groups excluding carboxylic acids is 1. The molecular formula is C12H23NO. The molecule has 0 aromatic heterocycles. The third-order valence-corrected chi connectivity index (χ3v) is 3.33. The summed E-state index contributed by atoms with van der Waals surface area (Å²) >= 11 is 0. The smallest absolute Gasteiger partial charge is 0.135 e. The van der Waals surface area contributed by atoms with Crippen molar-refractivity contribution in [3.63, 3.8) is 0 Å². The van der Waals surface area contributed by atoms with Crippen LogP contribution >= 0.6 is 0 Å². The number of likely N-dealkylation sites (tertiary alicyclic amines) is 1. The third kappa shape index (κ3) is 2.57. The van der Waals surface area contributed by atoms with Gasteiger partial charge in [0, 0.05) is 31.0 Å². The SMILES string of the molecule is CCCC(C)(C)N1CCC(=O)CC1C. The summed E-state index contributed by atoms with van der Waals surface area (Å²) in [4.78, 5) is 13.8. The Morgan fingerprint density at radius 2 is 2.14 bits per heavy atom. The lowest BCUT2D eigenvalue weighted by molar-refractivity contribution is -0.124. The summed E-state index contributed by atoms with van der Waals surface area (Å²) < 4.78 is 0. The number of piperidine rings is 1. The standard InChI is InChI=1S/C12H23NO/c1-5-7-12(3,4)13-8-6-11(14)9-10(13)2/h10H,5-9H2,1-4H3. The first kappa shape index (κ1) is 11.7. The molecule has 0 N–H and O–H groups in total. The van der Waals surface area contributed by atoms with Crippen LogP contribution in [0.1, 0.15) is 53.4 Å². The summed E-state index contributed by atoms with van der Waals surface area (Å²) in [6.07, 6.45) is 3.92. The van der Waals surface area contributed by atoms with Gasteiger partial charge < -0.3 is 0 Å². The second-order valence-electron chi connectivity index (χ2n) is 5.10. The van der Waals surface area contributed by atoms with Gasteiger partial charge in [0.2, 0.25) is 0 Å². The third-order valence-electron chi connectivity index (χ3n) is 3.33. The van der Waals surface area contributed by atoms with Crippen LogP contribution in [-0.2, 0) is 4.79 Å². The number of hydrogen-bond acceptors (Lipinski definition) is 2. The minimum Gasteiger partial charge on any atom is -0.300 e. The molecule has 0 aromatic rings. The Labute approximate surface area is 87.7 Å². The van der Waals surface area contributed by atoms with E-state index in [0.717, 1.165) is 19.4 Å². The monoisotopic (exact) mass is 197 g/mol. The minimum absolute atomic E-state index is 0.259. The van der Waals surface area contributed by atoms with E-state index in [1.54, 1.807) is 0 Å². The Hall–Kier alpha value is -0.370. The fourth-order valence-electron chi connectivity index (χ4n) is 2.66. The molecular weight excluding hydrogens is 174 g/mol. The molecule has 0 spiro atoms. The first-order valence-corrected chi connectivity index (χ1v) is 5.76. The largest absolute Gasteiger partial charge is 0.300 e. The Kier molecular flexibility index (Phi) is 3.71. The Morgan fingerprint density at radius 3 is 2.64 bits per heavy atom. The second-order valence-corrected chi connectivity index (χ2v) is 5.10. The minimum atomic E-state index is 0.259. The van der Waals surface area contributed by atoms with Gasteiger partial charge in [0.05, 0.1) is 0 Å².